The highest BCUT2D eigenvalue weighted by Crippen LogP contribution is 2.26. The van der Waals surface area contributed by atoms with Crippen molar-refractivity contribution in [1.29, 1.82) is 0 Å². The van der Waals surface area contributed by atoms with Crippen LogP contribution in [0.15, 0.2) is 0 Å². The van der Waals surface area contributed by atoms with Gasteiger partial charge < -0.3 is 19.5 Å². The molecule has 0 aliphatic rings. The molecule has 0 aliphatic carbocycles. The summed E-state index contributed by atoms with van der Waals surface area (Å²) in [4.78, 5) is 11.8. The van der Waals surface area contributed by atoms with Gasteiger partial charge in [0.15, 0.2) is 0 Å². The maximum Gasteiger partial charge on any atom is 0.222 e. The normalized spacial score (nSPS) is 14.1. The molecule has 0 radical (unpaired) electrons. The van der Waals surface area contributed by atoms with Gasteiger partial charge in [-0.3, -0.25) is 4.79 Å². The van der Waals surface area contributed by atoms with Crippen LogP contribution in [0.3, 0.4) is 0 Å². The Morgan fingerprint density at radius 3 is 2.27 bits per heavy atom. The van der Waals surface area contributed by atoms with Gasteiger partial charge in [0.25, 0.3) is 0 Å². The maximum absolute atomic E-state index is 11.8. The lowest BCUT2D eigenvalue weighted by molar-refractivity contribution is -0.130. The number of hydrogen-bond donors (Lipinski definition) is 1. The van der Waals surface area contributed by atoms with Crippen LogP contribution >= 0.6 is 0 Å². The lowest BCUT2D eigenvalue weighted by Gasteiger charge is -2.36. The topological polar surface area (TPSA) is 56.8 Å². The second-order valence-electron chi connectivity index (χ2n) is 5.93. The summed E-state index contributed by atoms with van der Waals surface area (Å²) in [6.45, 7) is 8.65. The first-order chi connectivity index (χ1) is 10.5. The van der Waals surface area contributed by atoms with Crippen LogP contribution in [0.5, 0.6) is 0 Å². The number of hydrogen-bond acceptors (Lipinski definition) is 4. The highest BCUT2D eigenvalue weighted by Gasteiger charge is 2.33. The summed E-state index contributed by atoms with van der Waals surface area (Å²) in [7, 11) is 3.37. The Morgan fingerprint density at radius 1 is 1.14 bits per heavy atom. The van der Waals surface area contributed by atoms with Gasteiger partial charge in [-0.25, -0.2) is 0 Å². The highest BCUT2D eigenvalue weighted by atomic mass is 16.5. The number of carbonyl (C=O) groups excluding carboxylic acids is 1. The van der Waals surface area contributed by atoms with Crippen LogP contribution < -0.4 is 5.32 Å². The van der Waals surface area contributed by atoms with E-state index in [1.165, 1.54) is 0 Å². The quantitative estimate of drug-likeness (QED) is 0.501. The summed E-state index contributed by atoms with van der Waals surface area (Å²) in [6.07, 6.45) is 4.60. The molecule has 0 saturated carbocycles. The van der Waals surface area contributed by atoms with E-state index >= 15 is 0 Å². The molecule has 5 heteroatoms. The fourth-order valence-electron chi connectivity index (χ4n) is 2.38. The van der Waals surface area contributed by atoms with Crippen molar-refractivity contribution in [3.8, 4) is 0 Å². The summed E-state index contributed by atoms with van der Waals surface area (Å²) in [6, 6.07) is 0. The van der Waals surface area contributed by atoms with Crippen molar-refractivity contribution in [2.45, 2.75) is 58.5 Å². The zero-order valence-corrected chi connectivity index (χ0v) is 15.1. The van der Waals surface area contributed by atoms with E-state index in [1.807, 2.05) is 0 Å². The molecule has 0 aromatic rings. The monoisotopic (exact) mass is 317 g/mol. The molecule has 0 fully saturated rings. The Bertz CT molecular complexity index is 280. The predicted octanol–water partition coefficient (Wildman–Crippen LogP) is 2.78. The van der Waals surface area contributed by atoms with E-state index in [9.17, 15) is 4.79 Å². The molecule has 1 amide bonds. The number of carbonyl (C=O) groups is 1. The molecular formula is C17H35NO4. The van der Waals surface area contributed by atoms with Gasteiger partial charge in [-0.15, -0.1) is 0 Å². The van der Waals surface area contributed by atoms with E-state index in [0.29, 0.717) is 26.2 Å². The van der Waals surface area contributed by atoms with Gasteiger partial charge in [-0.1, -0.05) is 26.7 Å². The Labute approximate surface area is 136 Å². The van der Waals surface area contributed by atoms with Crippen molar-refractivity contribution in [2.24, 2.45) is 5.92 Å². The molecule has 0 rings (SSSR count). The van der Waals surface area contributed by atoms with Crippen molar-refractivity contribution in [3.63, 3.8) is 0 Å². The third-order valence-electron chi connectivity index (χ3n) is 4.16. The zero-order valence-electron chi connectivity index (χ0n) is 15.1. The smallest absolute Gasteiger partial charge is 0.222 e. The lowest BCUT2D eigenvalue weighted by atomic mass is 9.87. The second-order valence-corrected chi connectivity index (χ2v) is 5.93. The van der Waals surface area contributed by atoms with Gasteiger partial charge >= 0.3 is 0 Å². The maximum atomic E-state index is 11.8. The van der Waals surface area contributed by atoms with Gasteiger partial charge in [0.05, 0.1) is 25.4 Å². The average molecular weight is 317 g/mol. The summed E-state index contributed by atoms with van der Waals surface area (Å²) >= 11 is 0. The largest absolute Gasteiger partial charge is 0.384 e. The Kier molecular flexibility index (Phi) is 12.5. The van der Waals surface area contributed by atoms with Gasteiger partial charge in [-0.2, -0.15) is 0 Å². The van der Waals surface area contributed by atoms with E-state index in [2.05, 4.69) is 26.1 Å². The fraction of sp³-hybridized carbons (Fsp3) is 0.941. The van der Waals surface area contributed by atoms with Gasteiger partial charge in [0, 0.05) is 33.1 Å². The molecule has 0 saturated heterocycles. The first kappa shape index (κ1) is 21.4. The van der Waals surface area contributed by atoms with Gasteiger partial charge in [0.2, 0.25) is 5.91 Å². The molecule has 1 atom stereocenters. The van der Waals surface area contributed by atoms with Crippen molar-refractivity contribution < 1.29 is 19.0 Å². The molecule has 0 heterocycles. The van der Waals surface area contributed by atoms with Crippen LogP contribution in [0.2, 0.25) is 0 Å². The molecule has 0 aliphatic heterocycles. The average Bonchev–Trinajstić information content (AvgIpc) is 2.51. The SMILES string of the molecule is CCCCCNC(=O)CCOC(C)(CC)C(COC)COC. The molecule has 0 aromatic heterocycles. The molecule has 22 heavy (non-hydrogen) atoms. The number of rotatable bonds is 14. The molecule has 5 nitrogen and oxygen atoms in total. The fourth-order valence-corrected chi connectivity index (χ4v) is 2.38. The van der Waals surface area contributed by atoms with E-state index in [-0.39, 0.29) is 17.4 Å². The third-order valence-corrected chi connectivity index (χ3v) is 4.16. The number of ether oxygens (including phenoxy) is 3. The van der Waals surface area contributed by atoms with Crippen molar-refractivity contribution in [2.75, 3.05) is 40.6 Å². The molecule has 132 valence electrons. The van der Waals surface area contributed by atoms with E-state index in [1.54, 1.807) is 14.2 Å². The highest BCUT2D eigenvalue weighted by molar-refractivity contribution is 5.75. The minimum absolute atomic E-state index is 0.0598. The Morgan fingerprint density at radius 2 is 1.77 bits per heavy atom. The van der Waals surface area contributed by atoms with Crippen LogP contribution in [0.25, 0.3) is 0 Å². The number of nitrogens with one attached hydrogen (secondary N) is 1. The first-order valence-electron chi connectivity index (χ1n) is 8.42. The number of unbranched alkanes of at least 4 members (excludes halogenated alkanes) is 2. The van der Waals surface area contributed by atoms with Crippen LogP contribution in [-0.2, 0) is 19.0 Å². The van der Waals surface area contributed by atoms with Crippen molar-refractivity contribution >= 4 is 5.91 Å². The summed E-state index contributed by atoms with van der Waals surface area (Å²) < 4.78 is 16.6. The molecule has 1 unspecified atom stereocenters. The molecular weight excluding hydrogens is 282 g/mol. The van der Waals surface area contributed by atoms with E-state index in [4.69, 9.17) is 14.2 Å². The minimum Gasteiger partial charge on any atom is -0.384 e. The Hall–Kier alpha value is -0.650. The van der Waals surface area contributed by atoms with E-state index < -0.39 is 0 Å². The van der Waals surface area contributed by atoms with Crippen LogP contribution in [0.4, 0.5) is 0 Å². The number of methoxy groups -OCH3 is 2. The molecule has 0 aromatic carbocycles. The standard InChI is InChI=1S/C17H35NO4/c1-6-8-9-11-18-16(19)10-12-22-17(3,7-2)15(13-20-4)14-21-5/h15H,6-14H2,1-5H3,(H,18,19). The lowest BCUT2D eigenvalue weighted by Crippen LogP contribution is -2.43. The van der Waals surface area contributed by atoms with Gasteiger partial charge in [0.1, 0.15) is 0 Å². The predicted molar refractivity (Wildman–Crippen MR) is 89.0 cm³/mol. The van der Waals surface area contributed by atoms with Crippen molar-refractivity contribution in [1.82, 2.24) is 5.32 Å². The summed E-state index contributed by atoms with van der Waals surface area (Å²) in [5, 5.41) is 2.93. The molecule has 1 N–H and O–H groups in total. The summed E-state index contributed by atoms with van der Waals surface area (Å²) in [5.74, 6) is 0.213. The third kappa shape index (κ3) is 8.71. The van der Waals surface area contributed by atoms with Gasteiger partial charge in [-0.05, 0) is 19.8 Å². The Balaban J connectivity index is 4.17. The van der Waals surface area contributed by atoms with Crippen molar-refractivity contribution in [3.05, 3.63) is 0 Å². The van der Waals surface area contributed by atoms with Crippen LogP contribution in [0.1, 0.15) is 52.9 Å². The first-order valence-corrected chi connectivity index (χ1v) is 8.42. The van der Waals surface area contributed by atoms with Crippen LogP contribution in [0, 0.1) is 5.92 Å². The van der Waals surface area contributed by atoms with Crippen LogP contribution in [-0.4, -0.2) is 52.1 Å². The number of amides is 1. The molecule has 0 bridgehead atoms. The zero-order chi connectivity index (χ0) is 16.8. The molecule has 0 spiro atoms. The minimum atomic E-state index is -0.339. The second kappa shape index (κ2) is 12.9. The summed E-state index contributed by atoms with van der Waals surface area (Å²) in [5.41, 5.74) is -0.339. The van der Waals surface area contributed by atoms with E-state index in [0.717, 1.165) is 32.2 Å².